The number of fused-ring (bicyclic) bond motifs is 1. The van der Waals surface area contributed by atoms with Gasteiger partial charge in [0, 0.05) is 6.54 Å². The maximum atomic E-state index is 11.7. The summed E-state index contributed by atoms with van der Waals surface area (Å²) in [4.78, 5) is 35.7. The number of hydrogen-bond donors (Lipinski definition) is 2. The molecule has 0 aromatic heterocycles. The topological polar surface area (TPSA) is 86.7 Å². The van der Waals surface area contributed by atoms with Crippen LogP contribution >= 0.6 is 0 Å². The highest BCUT2D eigenvalue weighted by Crippen LogP contribution is 2.46. The lowest BCUT2D eigenvalue weighted by Crippen LogP contribution is -2.48. The molecule has 2 amide bonds. The smallest absolute Gasteiger partial charge is 0.323 e. The lowest BCUT2D eigenvalue weighted by atomic mass is 9.96. The summed E-state index contributed by atoms with van der Waals surface area (Å²) in [6, 6.07) is 0. The lowest BCUT2D eigenvalue weighted by molar-refractivity contribution is -0.144. The van der Waals surface area contributed by atoms with Gasteiger partial charge in [-0.2, -0.15) is 0 Å². The van der Waals surface area contributed by atoms with Crippen LogP contribution in [0.5, 0.6) is 0 Å². The van der Waals surface area contributed by atoms with Crippen LogP contribution in [0.2, 0.25) is 0 Å². The van der Waals surface area contributed by atoms with E-state index in [0.29, 0.717) is 25.8 Å². The van der Waals surface area contributed by atoms with Crippen LogP contribution in [0.25, 0.3) is 0 Å². The van der Waals surface area contributed by atoms with Gasteiger partial charge in [-0.3, -0.25) is 19.3 Å². The fourth-order valence-corrected chi connectivity index (χ4v) is 2.40. The zero-order valence-corrected chi connectivity index (χ0v) is 10.6. The third-order valence-electron chi connectivity index (χ3n) is 4.04. The van der Waals surface area contributed by atoms with E-state index in [0.717, 1.165) is 0 Å². The Morgan fingerprint density at radius 1 is 1.44 bits per heavy atom. The van der Waals surface area contributed by atoms with Crippen molar-refractivity contribution in [2.45, 2.75) is 31.7 Å². The molecule has 1 aliphatic heterocycles. The molecule has 0 aromatic carbocycles. The molecule has 2 fully saturated rings. The van der Waals surface area contributed by atoms with Gasteiger partial charge in [0.15, 0.2) is 0 Å². The number of carboxylic acid groups (broad SMARTS) is 1. The van der Waals surface area contributed by atoms with Gasteiger partial charge >= 0.3 is 5.97 Å². The van der Waals surface area contributed by atoms with Crippen LogP contribution in [-0.4, -0.2) is 46.9 Å². The Balaban J connectivity index is 1.84. The van der Waals surface area contributed by atoms with E-state index < -0.39 is 11.5 Å². The molecule has 2 rings (SSSR count). The second-order valence-corrected chi connectivity index (χ2v) is 5.27. The number of carbonyl (C=O) groups excluding carboxylic acids is 2. The average Bonchev–Trinajstić information content (AvgIpc) is 3.08. The molecule has 0 spiro atoms. The van der Waals surface area contributed by atoms with E-state index in [2.05, 4.69) is 5.32 Å². The Morgan fingerprint density at radius 3 is 2.44 bits per heavy atom. The van der Waals surface area contributed by atoms with Crippen molar-refractivity contribution < 1.29 is 19.5 Å². The van der Waals surface area contributed by atoms with Crippen molar-refractivity contribution in [3.8, 4) is 0 Å². The minimum atomic E-state index is -1.01. The molecule has 100 valence electrons. The Labute approximate surface area is 105 Å². The molecule has 1 heterocycles. The van der Waals surface area contributed by atoms with Crippen LogP contribution in [0.1, 0.15) is 26.2 Å². The number of rotatable bonds is 6. The van der Waals surface area contributed by atoms with E-state index in [9.17, 15) is 14.4 Å². The number of carboxylic acids is 1. The predicted molar refractivity (Wildman–Crippen MR) is 62.7 cm³/mol. The number of likely N-dealkylation sites (N-methyl/N-ethyl adjacent to an activating group) is 1. The molecule has 0 aromatic rings. The first-order valence-electron chi connectivity index (χ1n) is 6.18. The number of nitrogens with zero attached hydrogens (tertiary/aromatic N) is 1. The molecule has 1 saturated carbocycles. The van der Waals surface area contributed by atoms with Crippen LogP contribution < -0.4 is 5.32 Å². The standard InChI is InChI=1S/C12H18N2O4/c1-12(13-2,11(17)18)4-3-5-14-9(15)7-6-8(7)10(14)16/h7-8,13H,3-6H2,1-2H3,(H,17,18). The highest BCUT2D eigenvalue weighted by atomic mass is 16.4. The summed E-state index contributed by atoms with van der Waals surface area (Å²) in [6.07, 6.45) is 1.59. The zero-order chi connectivity index (χ0) is 13.5. The van der Waals surface area contributed by atoms with Crippen molar-refractivity contribution in [3.63, 3.8) is 0 Å². The number of carbonyl (C=O) groups is 3. The first kappa shape index (κ1) is 13.0. The van der Waals surface area contributed by atoms with E-state index in [1.165, 1.54) is 4.90 Å². The van der Waals surface area contributed by atoms with Gasteiger partial charge in [-0.25, -0.2) is 0 Å². The van der Waals surface area contributed by atoms with E-state index in [1.807, 2.05) is 0 Å². The van der Waals surface area contributed by atoms with Crippen LogP contribution in [0.15, 0.2) is 0 Å². The summed E-state index contributed by atoms with van der Waals surface area (Å²) in [5.74, 6) is -1.23. The van der Waals surface area contributed by atoms with Gasteiger partial charge in [-0.15, -0.1) is 0 Å². The van der Waals surface area contributed by atoms with E-state index in [1.54, 1.807) is 14.0 Å². The highest BCUT2D eigenvalue weighted by Gasteiger charge is 2.58. The van der Waals surface area contributed by atoms with Crippen molar-refractivity contribution in [2.75, 3.05) is 13.6 Å². The van der Waals surface area contributed by atoms with E-state index in [4.69, 9.17) is 5.11 Å². The monoisotopic (exact) mass is 254 g/mol. The quantitative estimate of drug-likeness (QED) is 0.643. The third-order valence-corrected chi connectivity index (χ3v) is 4.04. The minimum absolute atomic E-state index is 0.0762. The molecule has 18 heavy (non-hydrogen) atoms. The number of piperidine rings is 1. The van der Waals surface area contributed by atoms with E-state index >= 15 is 0 Å². The molecule has 0 radical (unpaired) electrons. The Bertz CT molecular complexity index is 389. The maximum absolute atomic E-state index is 11.7. The molecule has 1 aliphatic carbocycles. The highest BCUT2D eigenvalue weighted by molar-refractivity contribution is 6.08. The van der Waals surface area contributed by atoms with Gasteiger partial charge in [0.25, 0.3) is 0 Å². The number of hydrogen-bond acceptors (Lipinski definition) is 4. The number of amides is 2. The largest absolute Gasteiger partial charge is 0.480 e. The molecule has 1 saturated heterocycles. The zero-order valence-electron chi connectivity index (χ0n) is 10.6. The SMILES string of the molecule is CNC(C)(CCCN1C(=O)C2CC2C1=O)C(=O)O. The molecule has 3 atom stereocenters. The molecule has 6 nitrogen and oxygen atoms in total. The third kappa shape index (κ3) is 2.01. The molecule has 0 bridgehead atoms. The number of aliphatic carboxylic acids is 1. The Morgan fingerprint density at radius 2 is 2.00 bits per heavy atom. The number of likely N-dealkylation sites (tertiary alicyclic amines) is 1. The van der Waals surface area contributed by atoms with Crippen molar-refractivity contribution in [3.05, 3.63) is 0 Å². The Hall–Kier alpha value is -1.43. The first-order valence-corrected chi connectivity index (χ1v) is 6.18. The van der Waals surface area contributed by atoms with E-state index in [-0.39, 0.29) is 23.7 Å². The van der Waals surface area contributed by atoms with Crippen molar-refractivity contribution in [2.24, 2.45) is 11.8 Å². The normalized spacial score (nSPS) is 29.1. The predicted octanol–water partition coefficient (Wildman–Crippen LogP) is -0.166. The summed E-state index contributed by atoms with van der Waals surface area (Å²) in [5, 5.41) is 11.8. The summed E-state index contributed by atoms with van der Waals surface area (Å²) < 4.78 is 0. The van der Waals surface area contributed by atoms with Crippen molar-refractivity contribution in [1.29, 1.82) is 0 Å². The molecule has 2 aliphatic rings. The van der Waals surface area contributed by atoms with Gasteiger partial charge < -0.3 is 10.4 Å². The maximum Gasteiger partial charge on any atom is 0.323 e. The average molecular weight is 254 g/mol. The summed E-state index contributed by atoms with van der Waals surface area (Å²) >= 11 is 0. The molecule has 3 unspecified atom stereocenters. The van der Waals surface area contributed by atoms with Crippen LogP contribution in [0, 0.1) is 11.8 Å². The van der Waals surface area contributed by atoms with Crippen molar-refractivity contribution >= 4 is 17.8 Å². The Kier molecular flexibility index (Phi) is 3.14. The van der Waals surface area contributed by atoms with Gasteiger partial charge in [0.05, 0.1) is 11.8 Å². The van der Waals surface area contributed by atoms with Crippen molar-refractivity contribution in [1.82, 2.24) is 10.2 Å². The molecular weight excluding hydrogens is 236 g/mol. The lowest BCUT2D eigenvalue weighted by Gasteiger charge is -2.25. The second-order valence-electron chi connectivity index (χ2n) is 5.27. The molecule has 2 N–H and O–H groups in total. The van der Waals surface area contributed by atoms with Crippen LogP contribution in [-0.2, 0) is 14.4 Å². The second kappa shape index (κ2) is 4.35. The fourth-order valence-electron chi connectivity index (χ4n) is 2.40. The van der Waals surface area contributed by atoms with Gasteiger partial charge in [-0.1, -0.05) is 0 Å². The first-order chi connectivity index (χ1) is 8.40. The van der Waals surface area contributed by atoms with Crippen LogP contribution in [0.3, 0.4) is 0 Å². The fraction of sp³-hybridized carbons (Fsp3) is 0.750. The van der Waals surface area contributed by atoms with Gasteiger partial charge in [0.1, 0.15) is 5.54 Å². The molecular formula is C12H18N2O4. The van der Waals surface area contributed by atoms with Gasteiger partial charge in [-0.05, 0) is 33.2 Å². The van der Waals surface area contributed by atoms with Gasteiger partial charge in [0.2, 0.25) is 11.8 Å². The minimum Gasteiger partial charge on any atom is -0.480 e. The number of nitrogens with one attached hydrogen (secondary N) is 1. The summed E-state index contributed by atoms with van der Waals surface area (Å²) in [5.41, 5.74) is -1.01. The number of imide groups is 1. The summed E-state index contributed by atoms with van der Waals surface area (Å²) in [7, 11) is 1.59. The summed E-state index contributed by atoms with van der Waals surface area (Å²) in [6.45, 7) is 1.93. The molecule has 6 heteroatoms. The van der Waals surface area contributed by atoms with Crippen LogP contribution in [0.4, 0.5) is 0 Å².